The second-order valence-corrected chi connectivity index (χ2v) is 0.886. The van der Waals surface area contributed by atoms with Crippen molar-refractivity contribution in [3.8, 4) is 0 Å². The lowest BCUT2D eigenvalue weighted by Gasteiger charge is -1.80. The molecule has 0 heterocycles. The molecule has 0 aromatic carbocycles. The first-order valence-electron chi connectivity index (χ1n) is 1.55. The lowest BCUT2D eigenvalue weighted by atomic mass is 10.4. The highest BCUT2D eigenvalue weighted by Crippen LogP contribution is 1.65. The van der Waals surface area contributed by atoms with Crippen LogP contribution in [0.4, 0.5) is 0 Å². The van der Waals surface area contributed by atoms with Crippen LogP contribution in [0.2, 0.25) is 0 Å². The first kappa shape index (κ1) is 6.10. The lowest BCUT2D eigenvalue weighted by Crippen LogP contribution is -2.15. The highest BCUT2D eigenvalue weighted by Gasteiger charge is 2.06. The Hall–Kier alpha value is -0.900. The van der Waals surface area contributed by atoms with E-state index >= 15 is 0 Å². The van der Waals surface area contributed by atoms with Crippen molar-refractivity contribution < 1.29 is 19.8 Å². The number of hydrogen-bond acceptors (Lipinski definition) is 3. The summed E-state index contributed by atoms with van der Waals surface area (Å²) in [6, 6.07) is 0. The second-order valence-electron chi connectivity index (χ2n) is 0.886. The minimum atomic E-state index is -1.59. The van der Waals surface area contributed by atoms with Crippen LogP contribution in [-0.2, 0) is 9.59 Å². The van der Waals surface area contributed by atoms with Crippen molar-refractivity contribution in [3.63, 3.8) is 0 Å². The maximum atomic E-state index is 9.66. The zero-order chi connectivity index (χ0) is 5.86. The summed E-state index contributed by atoms with van der Waals surface area (Å²) in [6.45, 7) is -0.921. The van der Waals surface area contributed by atoms with Gasteiger partial charge in [-0.2, -0.15) is 0 Å². The van der Waals surface area contributed by atoms with E-state index in [0.717, 1.165) is 0 Å². The van der Waals surface area contributed by atoms with E-state index in [9.17, 15) is 9.59 Å². The van der Waals surface area contributed by atoms with Crippen LogP contribution in [0.3, 0.4) is 0 Å². The molecule has 0 fully saturated rings. The molecule has 0 radical (unpaired) electrons. The average Bonchev–Trinajstić information content (AvgIpc) is 1.65. The van der Waals surface area contributed by atoms with E-state index in [0.29, 0.717) is 0 Å². The summed E-state index contributed by atoms with van der Waals surface area (Å²) < 4.78 is 0. The molecule has 2 N–H and O–H groups in total. The summed E-state index contributed by atoms with van der Waals surface area (Å²) in [5.74, 6) is -2.78. The number of carbonyl (C=O) groups is 2. The van der Waals surface area contributed by atoms with Crippen molar-refractivity contribution in [2.24, 2.45) is 0 Å². The number of carboxylic acids is 1. The molecule has 0 aromatic heterocycles. The minimum Gasteiger partial charge on any atom is -0.475 e. The Morgan fingerprint density at radius 1 is 1.43 bits per heavy atom. The Labute approximate surface area is 39.4 Å². The van der Waals surface area contributed by atoms with Gasteiger partial charge in [0.1, 0.15) is 6.61 Å². The zero-order valence-corrected chi connectivity index (χ0v) is 3.42. The van der Waals surface area contributed by atoms with E-state index in [-0.39, 0.29) is 0 Å². The Morgan fingerprint density at radius 2 is 1.86 bits per heavy atom. The van der Waals surface area contributed by atoms with Crippen molar-refractivity contribution in [2.45, 2.75) is 0 Å². The van der Waals surface area contributed by atoms with Crippen LogP contribution in [0.15, 0.2) is 0 Å². The van der Waals surface area contributed by atoms with Crippen LogP contribution in [0.25, 0.3) is 0 Å². The number of hydrogen-bond donors (Lipinski definition) is 2. The van der Waals surface area contributed by atoms with E-state index in [2.05, 4.69) is 0 Å². The van der Waals surface area contributed by atoms with Gasteiger partial charge in [0.05, 0.1) is 0 Å². The van der Waals surface area contributed by atoms with Gasteiger partial charge < -0.3 is 10.2 Å². The highest BCUT2D eigenvalue weighted by atomic mass is 16.4. The molecule has 0 aliphatic rings. The van der Waals surface area contributed by atoms with E-state index in [1.165, 1.54) is 0 Å². The zero-order valence-electron chi connectivity index (χ0n) is 3.42. The number of aliphatic hydroxyl groups excluding tert-OH is 1. The number of ketones is 1. The third kappa shape index (κ3) is 1.88. The third-order valence-electron chi connectivity index (χ3n) is 0.382. The molecule has 4 nitrogen and oxygen atoms in total. The maximum Gasteiger partial charge on any atom is 0.374 e. The fourth-order valence-corrected chi connectivity index (χ4v) is 0.0676. The van der Waals surface area contributed by atoms with Gasteiger partial charge in [-0.3, -0.25) is 4.79 Å². The second kappa shape index (κ2) is 2.30. The largest absolute Gasteiger partial charge is 0.475 e. The Bertz CT molecular complexity index is 95.1. The molecule has 0 amide bonds. The van der Waals surface area contributed by atoms with E-state index < -0.39 is 18.4 Å². The van der Waals surface area contributed by atoms with Gasteiger partial charge in [-0.05, 0) is 0 Å². The maximum absolute atomic E-state index is 9.66. The molecule has 0 unspecified atom stereocenters. The summed E-state index contributed by atoms with van der Waals surface area (Å²) in [4.78, 5) is 19.1. The molecule has 0 aliphatic heterocycles. The van der Waals surface area contributed by atoms with Crippen LogP contribution < -0.4 is 0 Å². The van der Waals surface area contributed by atoms with Crippen LogP contribution >= 0.6 is 0 Å². The molecular formula is C3H4O4. The van der Waals surface area contributed by atoms with Crippen molar-refractivity contribution >= 4 is 11.8 Å². The molecule has 4 heteroatoms. The third-order valence-corrected chi connectivity index (χ3v) is 0.382. The van der Waals surface area contributed by atoms with Gasteiger partial charge in [-0.25, -0.2) is 4.79 Å². The van der Waals surface area contributed by atoms with Gasteiger partial charge >= 0.3 is 5.97 Å². The highest BCUT2D eigenvalue weighted by molar-refractivity contribution is 6.33. The van der Waals surface area contributed by atoms with Crippen molar-refractivity contribution in [2.75, 3.05) is 6.61 Å². The van der Waals surface area contributed by atoms with Gasteiger partial charge in [0, 0.05) is 0 Å². The molecule has 0 aromatic rings. The van der Waals surface area contributed by atoms with E-state index in [4.69, 9.17) is 10.2 Å². The van der Waals surface area contributed by atoms with Crippen LogP contribution in [0, 0.1) is 0 Å². The van der Waals surface area contributed by atoms with Gasteiger partial charge in [-0.15, -0.1) is 0 Å². The first-order valence-corrected chi connectivity index (χ1v) is 1.55. The molecule has 0 aliphatic carbocycles. The van der Waals surface area contributed by atoms with E-state index in [1.807, 2.05) is 0 Å². The molecule has 0 atom stereocenters. The molecule has 0 saturated heterocycles. The normalized spacial score (nSPS) is 8.14. The monoisotopic (exact) mass is 104 g/mol. The molecule has 40 valence electrons. The Kier molecular flexibility index (Phi) is 2.01. The molecule has 7 heavy (non-hydrogen) atoms. The molecule has 0 spiro atoms. The fourth-order valence-electron chi connectivity index (χ4n) is 0.0676. The Balaban J connectivity index is 3.58. The van der Waals surface area contributed by atoms with Crippen LogP contribution in [-0.4, -0.2) is 28.6 Å². The lowest BCUT2D eigenvalue weighted by molar-refractivity contribution is -0.150. The van der Waals surface area contributed by atoms with Gasteiger partial charge in [0.2, 0.25) is 0 Å². The standard InChI is InChI=1S/C3H4O4/c4-1-2(5)3(6)7/h4H,1H2,(H,6,7). The molecule has 0 saturated carbocycles. The fraction of sp³-hybridized carbons (Fsp3) is 0.333. The van der Waals surface area contributed by atoms with E-state index in [1.54, 1.807) is 0 Å². The Morgan fingerprint density at radius 3 is 1.86 bits per heavy atom. The predicted octanol–water partition coefficient (Wildman–Crippen LogP) is -1.37. The summed E-state index contributed by atoms with van der Waals surface area (Å²) in [5, 5.41) is 15.4. The number of Topliss-reactive ketones (excluding diaryl/α,β-unsaturated/α-hetero) is 1. The number of rotatable bonds is 2. The molecular weight excluding hydrogens is 100 g/mol. The number of aliphatic hydroxyl groups is 1. The first-order chi connectivity index (χ1) is 3.18. The van der Waals surface area contributed by atoms with Crippen molar-refractivity contribution in [1.82, 2.24) is 0 Å². The van der Waals surface area contributed by atoms with Crippen molar-refractivity contribution in [1.29, 1.82) is 0 Å². The summed E-state index contributed by atoms with van der Waals surface area (Å²) in [6.07, 6.45) is 0. The number of aliphatic carboxylic acids is 1. The topological polar surface area (TPSA) is 74.6 Å². The average molecular weight is 104 g/mol. The van der Waals surface area contributed by atoms with Crippen molar-refractivity contribution in [3.05, 3.63) is 0 Å². The predicted molar refractivity (Wildman–Crippen MR) is 19.7 cm³/mol. The van der Waals surface area contributed by atoms with Gasteiger partial charge in [0.15, 0.2) is 0 Å². The molecule has 0 bridgehead atoms. The smallest absolute Gasteiger partial charge is 0.374 e. The van der Waals surface area contributed by atoms with Gasteiger partial charge in [-0.1, -0.05) is 0 Å². The number of carboxylic acid groups (broad SMARTS) is 1. The summed E-state index contributed by atoms with van der Waals surface area (Å²) in [5.41, 5.74) is 0. The van der Waals surface area contributed by atoms with Crippen LogP contribution in [0.1, 0.15) is 0 Å². The quantitative estimate of drug-likeness (QED) is 0.424. The van der Waals surface area contributed by atoms with Gasteiger partial charge in [0.25, 0.3) is 5.78 Å². The SMILES string of the molecule is O=C(O)C(=O)CO. The molecule has 0 rings (SSSR count). The minimum absolute atomic E-state index is 0.921. The summed E-state index contributed by atoms with van der Waals surface area (Å²) >= 11 is 0. The van der Waals surface area contributed by atoms with Crippen LogP contribution in [0.5, 0.6) is 0 Å². The summed E-state index contributed by atoms with van der Waals surface area (Å²) in [7, 11) is 0. The number of carbonyl (C=O) groups excluding carboxylic acids is 1.